The number of carbonyl (C=O) groups is 1. The highest BCUT2D eigenvalue weighted by molar-refractivity contribution is 5.78. The Morgan fingerprint density at radius 1 is 1.04 bits per heavy atom. The standard InChI is InChI=1S/C22H42N4O2/c1-18(15-17-28-19(2)14-16-24-26-23)25-22(27)20(3)21-12-10-8-6-4-5-7-9-11-13-21/h18-21H,4-17H2,1-3H3,(H,25,27). The molecule has 1 aliphatic carbocycles. The lowest BCUT2D eigenvalue weighted by Crippen LogP contribution is -2.39. The third kappa shape index (κ3) is 11.6. The minimum Gasteiger partial charge on any atom is -0.378 e. The van der Waals surface area contributed by atoms with E-state index in [4.69, 9.17) is 10.3 Å². The van der Waals surface area contributed by atoms with Gasteiger partial charge in [0, 0.05) is 30.0 Å². The summed E-state index contributed by atoms with van der Waals surface area (Å²) in [5, 5.41) is 6.72. The number of ether oxygens (including phenoxy) is 1. The first kappa shape index (κ1) is 24.8. The van der Waals surface area contributed by atoms with E-state index in [-0.39, 0.29) is 24.0 Å². The fourth-order valence-corrected chi connectivity index (χ4v) is 3.99. The molecule has 0 aliphatic heterocycles. The van der Waals surface area contributed by atoms with Crippen molar-refractivity contribution >= 4 is 5.91 Å². The quantitative estimate of drug-likeness (QED) is 0.273. The zero-order chi connectivity index (χ0) is 20.6. The molecule has 1 saturated carbocycles. The van der Waals surface area contributed by atoms with Gasteiger partial charge in [-0.05, 0) is 51.0 Å². The van der Waals surface area contributed by atoms with E-state index >= 15 is 0 Å². The van der Waals surface area contributed by atoms with Crippen molar-refractivity contribution in [2.75, 3.05) is 13.2 Å². The number of amides is 1. The van der Waals surface area contributed by atoms with Gasteiger partial charge in [-0.3, -0.25) is 4.79 Å². The molecule has 0 aromatic heterocycles. The maximum Gasteiger partial charge on any atom is 0.223 e. The van der Waals surface area contributed by atoms with E-state index in [9.17, 15) is 4.79 Å². The molecule has 3 atom stereocenters. The van der Waals surface area contributed by atoms with Crippen LogP contribution in [0.3, 0.4) is 0 Å². The number of hydrogen-bond acceptors (Lipinski definition) is 3. The SMILES string of the molecule is CC(CCOC(C)CCN=[N+]=[N-])NC(=O)C(C)C1CCCCCCCCCC1. The summed E-state index contributed by atoms with van der Waals surface area (Å²) in [5.74, 6) is 0.804. The average Bonchev–Trinajstić information content (AvgIpc) is 2.73. The third-order valence-electron chi connectivity index (χ3n) is 6.06. The van der Waals surface area contributed by atoms with Gasteiger partial charge >= 0.3 is 0 Å². The van der Waals surface area contributed by atoms with Crippen LogP contribution in [-0.2, 0) is 9.53 Å². The first-order chi connectivity index (χ1) is 13.5. The molecule has 1 N–H and O–H groups in total. The molecule has 1 fully saturated rings. The molecule has 162 valence electrons. The van der Waals surface area contributed by atoms with E-state index in [1.807, 2.05) is 6.92 Å². The van der Waals surface area contributed by atoms with Crippen molar-refractivity contribution in [3.63, 3.8) is 0 Å². The first-order valence-corrected chi connectivity index (χ1v) is 11.5. The second-order valence-electron chi connectivity index (χ2n) is 8.58. The molecular weight excluding hydrogens is 352 g/mol. The Hall–Kier alpha value is -1.26. The second-order valence-corrected chi connectivity index (χ2v) is 8.58. The van der Waals surface area contributed by atoms with Crippen LogP contribution in [0, 0.1) is 11.8 Å². The van der Waals surface area contributed by atoms with Gasteiger partial charge in [0.2, 0.25) is 5.91 Å². The fraction of sp³-hybridized carbons (Fsp3) is 0.955. The predicted molar refractivity (Wildman–Crippen MR) is 115 cm³/mol. The van der Waals surface area contributed by atoms with Crippen LogP contribution in [-0.4, -0.2) is 31.2 Å². The Kier molecular flexibility index (Phi) is 13.8. The number of nitrogens with zero attached hydrogens (tertiary/aromatic N) is 3. The molecule has 0 heterocycles. The Labute approximate surface area is 171 Å². The Bertz CT molecular complexity index is 453. The van der Waals surface area contributed by atoms with Crippen LogP contribution >= 0.6 is 0 Å². The summed E-state index contributed by atoms with van der Waals surface area (Å²) in [4.78, 5) is 15.5. The summed E-state index contributed by atoms with van der Waals surface area (Å²) in [5.41, 5.74) is 8.30. The Morgan fingerprint density at radius 2 is 1.61 bits per heavy atom. The van der Waals surface area contributed by atoms with Crippen molar-refractivity contribution in [1.29, 1.82) is 0 Å². The van der Waals surface area contributed by atoms with Gasteiger partial charge in [0.1, 0.15) is 0 Å². The zero-order valence-corrected chi connectivity index (χ0v) is 18.4. The molecular formula is C22H42N4O2. The molecule has 0 radical (unpaired) electrons. The van der Waals surface area contributed by atoms with Crippen LogP contribution in [0.15, 0.2) is 5.11 Å². The topological polar surface area (TPSA) is 87.1 Å². The Morgan fingerprint density at radius 3 is 2.18 bits per heavy atom. The van der Waals surface area contributed by atoms with E-state index < -0.39 is 0 Å². The summed E-state index contributed by atoms with van der Waals surface area (Å²) in [7, 11) is 0. The van der Waals surface area contributed by atoms with Crippen molar-refractivity contribution in [3.05, 3.63) is 10.4 Å². The molecule has 28 heavy (non-hydrogen) atoms. The van der Waals surface area contributed by atoms with Gasteiger partial charge in [0.15, 0.2) is 0 Å². The highest BCUT2D eigenvalue weighted by Crippen LogP contribution is 2.27. The molecule has 0 bridgehead atoms. The van der Waals surface area contributed by atoms with Crippen LogP contribution < -0.4 is 5.32 Å². The van der Waals surface area contributed by atoms with Crippen LogP contribution in [0.4, 0.5) is 0 Å². The number of rotatable bonds is 10. The summed E-state index contributed by atoms with van der Waals surface area (Å²) in [6.07, 6.45) is 14.6. The average molecular weight is 395 g/mol. The second kappa shape index (κ2) is 15.6. The van der Waals surface area contributed by atoms with Gasteiger partial charge in [-0.1, -0.05) is 63.4 Å². The van der Waals surface area contributed by atoms with E-state index in [0.717, 1.165) is 12.8 Å². The van der Waals surface area contributed by atoms with Gasteiger partial charge in [0.25, 0.3) is 0 Å². The molecule has 1 aliphatic rings. The van der Waals surface area contributed by atoms with Crippen molar-refractivity contribution in [2.45, 2.75) is 110 Å². The lowest BCUT2D eigenvalue weighted by atomic mass is 9.84. The highest BCUT2D eigenvalue weighted by atomic mass is 16.5. The maximum atomic E-state index is 12.7. The minimum absolute atomic E-state index is 0.0688. The van der Waals surface area contributed by atoms with Crippen molar-refractivity contribution in [3.8, 4) is 0 Å². The monoisotopic (exact) mass is 394 g/mol. The van der Waals surface area contributed by atoms with Crippen LogP contribution in [0.5, 0.6) is 0 Å². The summed E-state index contributed by atoms with van der Waals surface area (Å²) in [6, 6.07) is 0.113. The largest absolute Gasteiger partial charge is 0.378 e. The number of carbonyl (C=O) groups excluding carboxylic acids is 1. The molecule has 0 saturated heterocycles. The van der Waals surface area contributed by atoms with Gasteiger partial charge in [-0.25, -0.2) is 0 Å². The predicted octanol–water partition coefficient (Wildman–Crippen LogP) is 6.15. The van der Waals surface area contributed by atoms with Crippen LogP contribution in [0.2, 0.25) is 0 Å². The molecule has 6 heteroatoms. The van der Waals surface area contributed by atoms with Gasteiger partial charge in [-0.15, -0.1) is 0 Å². The molecule has 6 nitrogen and oxygen atoms in total. The first-order valence-electron chi connectivity index (χ1n) is 11.5. The summed E-state index contributed by atoms with van der Waals surface area (Å²) >= 11 is 0. The van der Waals surface area contributed by atoms with E-state index in [1.165, 1.54) is 64.2 Å². The molecule has 1 rings (SSSR count). The van der Waals surface area contributed by atoms with Gasteiger partial charge in [-0.2, -0.15) is 0 Å². The van der Waals surface area contributed by atoms with E-state index in [1.54, 1.807) is 0 Å². The number of nitrogens with one attached hydrogen (secondary N) is 1. The van der Waals surface area contributed by atoms with E-state index in [2.05, 4.69) is 29.2 Å². The number of hydrogen-bond donors (Lipinski definition) is 1. The minimum atomic E-state index is 0.0688. The van der Waals surface area contributed by atoms with Crippen molar-refractivity contribution in [1.82, 2.24) is 5.32 Å². The molecule has 0 aromatic rings. The molecule has 1 amide bonds. The van der Waals surface area contributed by atoms with Crippen molar-refractivity contribution < 1.29 is 9.53 Å². The molecule has 3 unspecified atom stereocenters. The Balaban J connectivity index is 2.32. The smallest absolute Gasteiger partial charge is 0.223 e. The number of azide groups is 1. The fourth-order valence-electron chi connectivity index (χ4n) is 3.99. The summed E-state index contributed by atoms with van der Waals surface area (Å²) in [6.45, 7) is 7.22. The molecule has 0 spiro atoms. The zero-order valence-electron chi connectivity index (χ0n) is 18.4. The lowest BCUT2D eigenvalue weighted by Gasteiger charge is -2.25. The normalized spacial score (nSPS) is 20.2. The third-order valence-corrected chi connectivity index (χ3v) is 6.06. The van der Waals surface area contributed by atoms with Crippen molar-refractivity contribution in [2.24, 2.45) is 17.0 Å². The maximum absolute atomic E-state index is 12.7. The lowest BCUT2D eigenvalue weighted by molar-refractivity contribution is -0.127. The van der Waals surface area contributed by atoms with Crippen LogP contribution in [0.1, 0.15) is 97.8 Å². The van der Waals surface area contributed by atoms with E-state index in [0.29, 0.717) is 19.1 Å². The van der Waals surface area contributed by atoms with Gasteiger partial charge in [0.05, 0.1) is 6.10 Å². The van der Waals surface area contributed by atoms with Gasteiger partial charge < -0.3 is 10.1 Å². The highest BCUT2D eigenvalue weighted by Gasteiger charge is 2.24. The molecule has 0 aromatic carbocycles. The van der Waals surface area contributed by atoms with Crippen LogP contribution in [0.25, 0.3) is 10.4 Å². The summed E-state index contributed by atoms with van der Waals surface area (Å²) < 4.78 is 5.75.